The van der Waals surface area contributed by atoms with Crippen LogP contribution in [-0.2, 0) is 0 Å². The van der Waals surface area contributed by atoms with Crippen molar-refractivity contribution in [2.75, 3.05) is 0 Å². The molecule has 0 unspecified atom stereocenters. The minimum atomic E-state index is -0.639. The zero-order valence-electron chi connectivity index (χ0n) is 16.9. The van der Waals surface area contributed by atoms with Crippen LogP contribution in [0.3, 0.4) is 0 Å². The molecule has 1 N–H and O–H groups in total. The number of rotatable bonds is 5. The predicted octanol–water partition coefficient (Wildman–Crippen LogP) is 6.89. The Hall–Kier alpha value is -3.19. The van der Waals surface area contributed by atoms with Gasteiger partial charge in [0.15, 0.2) is 0 Å². The first kappa shape index (κ1) is 23.0. The first-order valence-corrected chi connectivity index (χ1v) is 11.3. The van der Waals surface area contributed by atoms with Crippen molar-refractivity contribution in [2.24, 2.45) is 5.10 Å². The molecule has 5 nitrogen and oxygen atoms in total. The van der Waals surface area contributed by atoms with Gasteiger partial charge in [-0.2, -0.15) is 5.10 Å². The van der Waals surface area contributed by atoms with Crippen LogP contribution >= 0.6 is 39.1 Å². The van der Waals surface area contributed by atoms with Crippen LogP contribution in [0.5, 0.6) is 5.75 Å². The molecule has 4 aromatic rings. The summed E-state index contributed by atoms with van der Waals surface area (Å²) in [5, 5.41) is 6.41. The third kappa shape index (κ3) is 5.42. The van der Waals surface area contributed by atoms with E-state index in [2.05, 4.69) is 26.5 Å². The number of nitrogens with one attached hydrogen (secondary N) is 1. The maximum absolute atomic E-state index is 12.8. The second-order valence-corrected chi connectivity index (χ2v) is 8.68. The maximum atomic E-state index is 12.8. The number of fused-ring (bicyclic) bond motifs is 1. The van der Waals surface area contributed by atoms with Gasteiger partial charge < -0.3 is 4.74 Å². The lowest BCUT2D eigenvalue weighted by atomic mass is 10.0. The van der Waals surface area contributed by atoms with Crippen molar-refractivity contribution >= 4 is 68.0 Å². The number of hydrogen-bond donors (Lipinski definition) is 1. The lowest BCUT2D eigenvalue weighted by Gasteiger charge is -2.11. The van der Waals surface area contributed by atoms with Gasteiger partial charge in [-0.3, -0.25) is 4.79 Å². The molecule has 0 aliphatic carbocycles. The first-order chi connectivity index (χ1) is 15.9. The normalized spacial score (nSPS) is 11.0. The summed E-state index contributed by atoms with van der Waals surface area (Å²) in [7, 11) is 0. The minimum absolute atomic E-state index is 0.181. The molecule has 0 fully saturated rings. The van der Waals surface area contributed by atoms with Crippen LogP contribution < -0.4 is 10.2 Å². The molecule has 0 radical (unpaired) electrons. The number of ether oxygens (including phenoxy) is 1. The molecule has 0 saturated heterocycles. The van der Waals surface area contributed by atoms with Gasteiger partial charge in [-0.25, -0.2) is 10.2 Å². The molecule has 1 amide bonds. The van der Waals surface area contributed by atoms with E-state index < -0.39 is 5.97 Å². The molecule has 0 atom stereocenters. The van der Waals surface area contributed by atoms with Gasteiger partial charge >= 0.3 is 5.97 Å². The number of nitrogens with zero attached hydrogens (tertiary/aromatic N) is 1. The van der Waals surface area contributed by atoms with E-state index in [-0.39, 0.29) is 22.2 Å². The Balaban J connectivity index is 1.64. The fourth-order valence-electron chi connectivity index (χ4n) is 3.16. The number of benzene rings is 4. The highest BCUT2D eigenvalue weighted by atomic mass is 79.9. The van der Waals surface area contributed by atoms with Gasteiger partial charge in [0.2, 0.25) is 0 Å². The molecule has 0 aliphatic rings. The van der Waals surface area contributed by atoms with Crippen molar-refractivity contribution in [3.05, 3.63) is 110 Å². The van der Waals surface area contributed by atoms with Crippen molar-refractivity contribution in [1.82, 2.24) is 5.43 Å². The topological polar surface area (TPSA) is 67.8 Å². The summed E-state index contributed by atoms with van der Waals surface area (Å²) in [6, 6.07) is 22.5. The Kier molecular flexibility index (Phi) is 7.08. The highest BCUT2D eigenvalue weighted by Gasteiger charge is 2.16. The summed E-state index contributed by atoms with van der Waals surface area (Å²) in [4.78, 5) is 25.2. The Morgan fingerprint density at radius 1 is 0.939 bits per heavy atom. The second kappa shape index (κ2) is 10.2. The van der Waals surface area contributed by atoms with E-state index in [4.69, 9.17) is 27.9 Å². The van der Waals surface area contributed by atoms with Crippen LogP contribution in [0, 0.1) is 0 Å². The third-order valence-corrected chi connectivity index (χ3v) is 5.77. The Morgan fingerprint density at radius 2 is 1.76 bits per heavy atom. The quantitative estimate of drug-likeness (QED) is 0.129. The highest BCUT2D eigenvalue weighted by molar-refractivity contribution is 9.10. The SMILES string of the molecule is O=C(N/N=C/c1c(OC(=O)c2ccc(Cl)cc2Cl)ccc2ccccc12)c1cccc(Br)c1. The number of hydrazone groups is 1. The Bertz CT molecular complexity index is 1410. The van der Waals surface area contributed by atoms with E-state index >= 15 is 0 Å². The molecule has 33 heavy (non-hydrogen) atoms. The number of halogens is 3. The second-order valence-electron chi connectivity index (χ2n) is 6.92. The first-order valence-electron chi connectivity index (χ1n) is 9.70. The maximum Gasteiger partial charge on any atom is 0.345 e. The molecule has 0 bridgehead atoms. The van der Waals surface area contributed by atoms with E-state index in [0.717, 1.165) is 15.2 Å². The molecule has 164 valence electrons. The van der Waals surface area contributed by atoms with Gasteiger partial charge in [-0.05, 0) is 53.2 Å². The smallest absolute Gasteiger partial charge is 0.345 e. The van der Waals surface area contributed by atoms with E-state index in [1.807, 2.05) is 36.4 Å². The fraction of sp³-hybridized carbons (Fsp3) is 0. The largest absolute Gasteiger partial charge is 0.422 e. The van der Waals surface area contributed by atoms with E-state index in [1.54, 1.807) is 30.3 Å². The van der Waals surface area contributed by atoms with Crippen molar-refractivity contribution in [3.63, 3.8) is 0 Å². The molecule has 0 saturated carbocycles. The van der Waals surface area contributed by atoms with Crippen LogP contribution in [0.1, 0.15) is 26.3 Å². The monoisotopic (exact) mass is 540 g/mol. The lowest BCUT2D eigenvalue weighted by molar-refractivity contribution is 0.0734. The average Bonchev–Trinajstić information content (AvgIpc) is 2.80. The Labute approximate surface area is 208 Å². The molecule has 0 heterocycles. The van der Waals surface area contributed by atoms with Gasteiger partial charge in [0.1, 0.15) is 5.75 Å². The molecule has 8 heteroatoms. The van der Waals surface area contributed by atoms with Gasteiger partial charge in [-0.15, -0.1) is 0 Å². The molecular formula is C25H15BrCl2N2O3. The summed E-state index contributed by atoms with van der Waals surface area (Å²) in [5.41, 5.74) is 3.66. The van der Waals surface area contributed by atoms with Crippen LogP contribution in [0.2, 0.25) is 10.0 Å². The summed E-state index contributed by atoms with van der Waals surface area (Å²) in [6.45, 7) is 0. The van der Waals surface area contributed by atoms with Gasteiger partial charge in [0.25, 0.3) is 5.91 Å². The molecule has 0 aromatic heterocycles. The molecule has 0 aliphatic heterocycles. The summed E-state index contributed by atoms with van der Waals surface area (Å²) in [5.74, 6) is -0.746. The van der Waals surface area contributed by atoms with Crippen LogP contribution in [0.25, 0.3) is 10.8 Å². The molecule has 4 rings (SSSR count). The van der Waals surface area contributed by atoms with Crippen LogP contribution in [0.15, 0.2) is 88.4 Å². The number of esters is 1. The number of hydrogen-bond acceptors (Lipinski definition) is 4. The van der Waals surface area contributed by atoms with Crippen molar-refractivity contribution < 1.29 is 14.3 Å². The lowest BCUT2D eigenvalue weighted by Crippen LogP contribution is -2.17. The van der Waals surface area contributed by atoms with Crippen LogP contribution in [0.4, 0.5) is 0 Å². The molecule has 0 spiro atoms. The zero-order chi connectivity index (χ0) is 23.4. The van der Waals surface area contributed by atoms with Crippen LogP contribution in [-0.4, -0.2) is 18.1 Å². The Morgan fingerprint density at radius 3 is 2.55 bits per heavy atom. The van der Waals surface area contributed by atoms with Crippen molar-refractivity contribution in [1.29, 1.82) is 0 Å². The summed E-state index contributed by atoms with van der Waals surface area (Å²) in [6.07, 6.45) is 1.45. The minimum Gasteiger partial charge on any atom is -0.422 e. The average molecular weight is 542 g/mol. The van der Waals surface area contributed by atoms with Gasteiger partial charge in [0, 0.05) is 20.6 Å². The third-order valence-electron chi connectivity index (χ3n) is 4.73. The highest BCUT2D eigenvalue weighted by Crippen LogP contribution is 2.29. The number of amides is 1. The fourth-order valence-corrected chi connectivity index (χ4v) is 4.04. The van der Waals surface area contributed by atoms with E-state index in [9.17, 15) is 9.59 Å². The summed E-state index contributed by atoms with van der Waals surface area (Å²) < 4.78 is 6.42. The molecule has 4 aromatic carbocycles. The standard InChI is InChI=1S/C25H15BrCl2N2O3/c26-17-6-3-5-16(12-17)24(31)30-29-14-21-19-7-2-1-4-15(19)8-11-23(21)33-25(32)20-10-9-18(27)13-22(20)28/h1-14H,(H,30,31)/b29-14+. The zero-order valence-corrected chi connectivity index (χ0v) is 20.0. The number of carbonyl (C=O) groups excluding carboxylic acids is 2. The van der Waals surface area contributed by atoms with Crippen molar-refractivity contribution in [3.8, 4) is 5.75 Å². The van der Waals surface area contributed by atoms with Gasteiger partial charge in [0.05, 0.1) is 16.8 Å². The number of carbonyl (C=O) groups is 2. The van der Waals surface area contributed by atoms with E-state index in [0.29, 0.717) is 16.1 Å². The molecular weight excluding hydrogens is 527 g/mol. The van der Waals surface area contributed by atoms with E-state index in [1.165, 1.54) is 18.3 Å². The summed E-state index contributed by atoms with van der Waals surface area (Å²) >= 11 is 15.4. The van der Waals surface area contributed by atoms with Crippen molar-refractivity contribution in [2.45, 2.75) is 0 Å². The predicted molar refractivity (Wildman–Crippen MR) is 135 cm³/mol. The van der Waals surface area contributed by atoms with Gasteiger partial charge in [-0.1, -0.05) is 75.5 Å².